The van der Waals surface area contributed by atoms with Crippen LogP contribution in [-0.2, 0) is 42.9 Å². The number of thioether (sulfide) groups is 3. The average molecular weight is 664 g/mol. The zero-order valence-corrected chi connectivity index (χ0v) is 28.2. The molecule has 44 heavy (non-hydrogen) atoms. The number of amides is 1. The number of ether oxygens (including phenoxy) is 5. The number of hydrogen-bond donors (Lipinski definition) is 0. The second-order valence-electron chi connectivity index (χ2n) is 10.4. The molecule has 0 saturated heterocycles. The lowest BCUT2D eigenvalue weighted by molar-refractivity contribution is -0.138. The van der Waals surface area contributed by atoms with Crippen molar-refractivity contribution in [2.45, 2.75) is 43.7 Å². The molecule has 0 bridgehead atoms. The van der Waals surface area contributed by atoms with E-state index in [-0.39, 0.29) is 32.1 Å². The third-order valence-corrected chi connectivity index (χ3v) is 12.3. The van der Waals surface area contributed by atoms with Crippen molar-refractivity contribution in [1.29, 1.82) is 0 Å². The van der Waals surface area contributed by atoms with Crippen LogP contribution in [0.2, 0.25) is 0 Å². The Bertz CT molecular complexity index is 1530. The minimum absolute atomic E-state index is 0.108. The fraction of sp³-hybridized carbons (Fsp3) is 0.433. The largest absolute Gasteiger partial charge is 0.497 e. The van der Waals surface area contributed by atoms with Crippen molar-refractivity contribution in [2.24, 2.45) is 5.92 Å². The van der Waals surface area contributed by atoms with E-state index >= 15 is 0 Å². The molecule has 1 aromatic rings. The topological polar surface area (TPSA) is 135 Å². The lowest BCUT2D eigenvalue weighted by atomic mass is 9.82. The molecule has 1 aromatic carbocycles. The number of benzene rings is 1. The number of carbonyl (C=O) groups is 5. The number of anilines is 1. The SMILES string of the molecule is CC[C@@H](C)C(=O)N1c2ccc(OC)cc2C2=C(SC(C(=O)OC)=C(C(=O)OC)C23SC(C(=O)OC)=C(C(=O)OC)S3)C1(C)C. The first kappa shape index (κ1) is 33.5. The van der Waals surface area contributed by atoms with Crippen molar-refractivity contribution >= 4 is 76.3 Å². The van der Waals surface area contributed by atoms with Gasteiger partial charge in [-0.25, -0.2) is 19.2 Å². The molecule has 3 aliphatic rings. The molecule has 11 nitrogen and oxygen atoms in total. The minimum atomic E-state index is -1.66. The van der Waals surface area contributed by atoms with E-state index in [1.165, 1.54) is 35.5 Å². The third kappa shape index (κ3) is 5.10. The van der Waals surface area contributed by atoms with Crippen molar-refractivity contribution < 1.29 is 47.7 Å². The highest BCUT2D eigenvalue weighted by molar-refractivity contribution is 8.26. The molecule has 4 rings (SSSR count). The van der Waals surface area contributed by atoms with Gasteiger partial charge in [0.2, 0.25) is 5.91 Å². The molecule has 0 aromatic heterocycles. The van der Waals surface area contributed by atoms with Crippen molar-refractivity contribution in [3.8, 4) is 5.75 Å². The number of hydrogen-bond acceptors (Lipinski definition) is 13. The monoisotopic (exact) mass is 663 g/mol. The second kappa shape index (κ2) is 12.6. The van der Waals surface area contributed by atoms with E-state index in [4.69, 9.17) is 23.7 Å². The van der Waals surface area contributed by atoms with Crippen LogP contribution in [0.3, 0.4) is 0 Å². The summed E-state index contributed by atoms with van der Waals surface area (Å²) in [6.07, 6.45) is 0.584. The van der Waals surface area contributed by atoms with Crippen LogP contribution in [0, 0.1) is 5.92 Å². The molecular formula is C30H33NO10S3. The lowest BCUT2D eigenvalue weighted by Crippen LogP contribution is -2.55. The Kier molecular flexibility index (Phi) is 9.57. The van der Waals surface area contributed by atoms with Gasteiger partial charge < -0.3 is 28.6 Å². The molecular weight excluding hydrogens is 631 g/mol. The summed E-state index contributed by atoms with van der Waals surface area (Å²) in [7, 11) is 6.18. The summed E-state index contributed by atoms with van der Waals surface area (Å²) in [5.74, 6) is -3.42. The zero-order chi connectivity index (χ0) is 32.7. The van der Waals surface area contributed by atoms with Crippen LogP contribution in [0.4, 0.5) is 5.69 Å². The molecule has 1 spiro atoms. The number of rotatable bonds is 7. The van der Waals surface area contributed by atoms with Gasteiger partial charge in [-0.15, -0.1) is 0 Å². The van der Waals surface area contributed by atoms with Gasteiger partial charge in [-0.05, 0) is 38.5 Å². The van der Waals surface area contributed by atoms with Gasteiger partial charge in [-0.2, -0.15) is 0 Å². The minimum Gasteiger partial charge on any atom is -0.497 e. The van der Waals surface area contributed by atoms with E-state index in [1.807, 2.05) is 27.7 Å². The number of methoxy groups -OCH3 is 5. The second-order valence-corrected chi connectivity index (χ2v) is 14.1. The standard InChI is InChI=1S/C30H33NO10S3/c1-10-14(2)24(32)31-17-12-11-15(37-5)13-16(17)18-23(29(31,3)4)42-20(26(34)39-7)19(25(33)38-6)30(18)43-21(27(35)40-8)22(44-30)28(36)41-9/h11-14H,10H2,1-9H3/t14-/m1/s1. The van der Waals surface area contributed by atoms with Gasteiger partial charge in [-0.3, -0.25) is 4.79 Å². The molecule has 0 aliphatic carbocycles. The van der Waals surface area contributed by atoms with E-state index in [9.17, 15) is 24.0 Å². The van der Waals surface area contributed by atoms with Crippen molar-refractivity contribution in [2.75, 3.05) is 40.4 Å². The van der Waals surface area contributed by atoms with Crippen LogP contribution in [0.25, 0.3) is 5.57 Å². The molecule has 0 N–H and O–H groups in total. The highest BCUT2D eigenvalue weighted by Gasteiger charge is 2.62. The van der Waals surface area contributed by atoms with E-state index in [0.717, 1.165) is 35.3 Å². The maximum absolute atomic E-state index is 14.0. The number of esters is 4. The summed E-state index contributed by atoms with van der Waals surface area (Å²) in [5, 5.41) is 0. The summed E-state index contributed by atoms with van der Waals surface area (Å²) < 4.78 is 24.3. The first-order valence-corrected chi connectivity index (χ1v) is 15.9. The van der Waals surface area contributed by atoms with Gasteiger partial charge >= 0.3 is 23.9 Å². The van der Waals surface area contributed by atoms with Crippen LogP contribution in [0.15, 0.2) is 43.4 Å². The van der Waals surface area contributed by atoms with Crippen LogP contribution >= 0.6 is 35.3 Å². The number of carbonyl (C=O) groups excluding carboxylic acids is 5. The molecule has 1 atom stereocenters. The highest BCUT2D eigenvalue weighted by Crippen LogP contribution is 2.71. The molecule has 14 heteroatoms. The summed E-state index contributed by atoms with van der Waals surface area (Å²) in [4.78, 5) is 69.3. The van der Waals surface area contributed by atoms with Crippen LogP contribution in [-0.4, -0.2) is 75.0 Å². The van der Waals surface area contributed by atoms with Crippen LogP contribution < -0.4 is 9.64 Å². The predicted molar refractivity (Wildman–Crippen MR) is 169 cm³/mol. The van der Waals surface area contributed by atoms with Crippen LogP contribution in [0.1, 0.15) is 39.7 Å². The molecule has 0 saturated carbocycles. The Morgan fingerprint density at radius 2 is 1.34 bits per heavy atom. The Morgan fingerprint density at radius 1 is 0.818 bits per heavy atom. The normalized spacial score (nSPS) is 18.8. The third-order valence-electron chi connectivity index (χ3n) is 7.60. The summed E-state index contributed by atoms with van der Waals surface area (Å²) in [6.45, 7) is 7.45. The van der Waals surface area contributed by atoms with E-state index in [2.05, 4.69) is 0 Å². The maximum atomic E-state index is 14.0. The Hall–Kier alpha value is -3.36. The quantitative estimate of drug-likeness (QED) is 0.296. The number of nitrogens with zero attached hydrogens (tertiary/aromatic N) is 1. The smallest absolute Gasteiger partial charge is 0.345 e. The number of fused-ring (bicyclic) bond motifs is 3. The van der Waals surface area contributed by atoms with E-state index in [1.54, 1.807) is 23.1 Å². The van der Waals surface area contributed by atoms with Gasteiger partial charge in [0.15, 0.2) is 0 Å². The maximum Gasteiger partial charge on any atom is 0.345 e. The summed E-state index contributed by atoms with van der Waals surface area (Å²) in [6, 6.07) is 5.21. The Morgan fingerprint density at radius 3 is 1.82 bits per heavy atom. The van der Waals surface area contributed by atoms with E-state index < -0.39 is 33.5 Å². The Balaban J connectivity index is 2.19. The molecule has 0 unspecified atom stereocenters. The summed E-state index contributed by atoms with van der Waals surface area (Å²) in [5.41, 5.74) is 0.285. The first-order chi connectivity index (χ1) is 20.8. The van der Waals surface area contributed by atoms with Gasteiger partial charge in [0.1, 0.15) is 24.5 Å². The van der Waals surface area contributed by atoms with Gasteiger partial charge in [0, 0.05) is 22.0 Å². The van der Waals surface area contributed by atoms with Crippen molar-refractivity contribution in [1.82, 2.24) is 0 Å². The fourth-order valence-corrected chi connectivity index (χ4v) is 10.3. The summed E-state index contributed by atoms with van der Waals surface area (Å²) >= 11 is 2.73. The Labute approximate surface area is 268 Å². The van der Waals surface area contributed by atoms with Crippen molar-refractivity contribution in [3.05, 3.63) is 49.0 Å². The molecule has 0 radical (unpaired) electrons. The molecule has 3 heterocycles. The van der Waals surface area contributed by atoms with E-state index in [0.29, 0.717) is 33.9 Å². The van der Waals surface area contributed by atoms with Gasteiger partial charge in [-0.1, -0.05) is 49.1 Å². The zero-order valence-electron chi connectivity index (χ0n) is 25.8. The lowest BCUT2D eigenvalue weighted by Gasteiger charge is -2.51. The molecule has 3 aliphatic heterocycles. The average Bonchev–Trinajstić information content (AvgIpc) is 3.42. The molecule has 236 valence electrons. The van der Waals surface area contributed by atoms with Crippen LogP contribution in [0.5, 0.6) is 5.75 Å². The first-order valence-electron chi connectivity index (χ1n) is 13.4. The molecule has 1 amide bonds. The predicted octanol–water partition coefficient (Wildman–Crippen LogP) is 4.66. The van der Waals surface area contributed by atoms with Crippen molar-refractivity contribution in [3.63, 3.8) is 0 Å². The van der Waals surface area contributed by atoms with Gasteiger partial charge in [0.25, 0.3) is 0 Å². The fourth-order valence-electron chi connectivity index (χ4n) is 5.21. The van der Waals surface area contributed by atoms with Gasteiger partial charge in [0.05, 0.1) is 52.3 Å². The highest BCUT2D eigenvalue weighted by atomic mass is 32.2. The molecule has 0 fully saturated rings.